The number of aliphatic hydroxyl groups is 1. The standard InChI is InChI=1S/C29H25Cl2N3O3/c1-14(2)33-27-24(32-28(33)20-11-16(13-35)6-10-22(20)37-4)29(36)34-25-15(3)5-9-21(31)23(25)19-12-17(30)7-8-18(19)26(27)34/h5-12,14,26,35H,13H2,1-4H3. The van der Waals surface area contributed by atoms with Crippen molar-refractivity contribution in [1.29, 1.82) is 0 Å². The number of imidazole rings is 1. The van der Waals surface area contributed by atoms with Crippen molar-refractivity contribution < 1.29 is 14.6 Å². The van der Waals surface area contributed by atoms with Crippen molar-refractivity contribution in [2.75, 3.05) is 12.0 Å². The second-order valence-electron chi connectivity index (χ2n) is 9.72. The number of benzene rings is 3. The molecule has 1 atom stereocenters. The van der Waals surface area contributed by atoms with Crippen LogP contribution in [0.2, 0.25) is 10.0 Å². The molecule has 0 fully saturated rings. The summed E-state index contributed by atoms with van der Waals surface area (Å²) in [4.78, 5) is 20.9. The molecule has 1 unspecified atom stereocenters. The maximum atomic E-state index is 14.1. The van der Waals surface area contributed by atoms with Gasteiger partial charge in [-0.3, -0.25) is 9.69 Å². The largest absolute Gasteiger partial charge is 0.496 e. The third kappa shape index (κ3) is 3.36. The molecule has 188 valence electrons. The second-order valence-corrected chi connectivity index (χ2v) is 10.6. The number of fused-ring (bicyclic) bond motifs is 8. The predicted octanol–water partition coefficient (Wildman–Crippen LogP) is 6.98. The molecule has 6 rings (SSSR count). The Bertz CT molecular complexity index is 1610. The Kier molecular flexibility index (Phi) is 5.60. The summed E-state index contributed by atoms with van der Waals surface area (Å²) in [7, 11) is 1.60. The van der Waals surface area contributed by atoms with E-state index < -0.39 is 6.04 Å². The molecule has 3 aromatic carbocycles. The van der Waals surface area contributed by atoms with E-state index >= 15 is 0 Å². The van der Waals surface area contributed by atoms with Gasteiger partial charge in [-0.2, -0.15) is 0 Å². The number of hydrogen-bond acceptors (Lipinski definition) is 4. The lowest BCUT2D eigenvalue weighted by atomic mass is 9.86. The summed E-state index contributed by atoms with van der Waals surface area (Å²) in [6.07, 6.45) is 0. The average Bonchev–Trinajstić information content (AvgIpc) is 3.41. The van der Waals surface area contributed by atoms with E-state index in [1.165, 1.54) is 0 Å². The second kappa shape index (κ2) is 8.62. The van der Waals surface area contributed by atoms with Gasteiger partial charge in [0.2, 0.25) is 0 Å². The number of carbonyl (C=O) groups excluding carboxylic acids is 1. The zero-order valence-corrected chi connectivity index (χ0v) is 22.4. The first-order chi connectivity index (χ1) is 17.8. The van der Waals surface area contributed by atoms with Crippen molar-refractivity contribution >= 4 is 34.8 Å². The Morgan fingerprint density at radius 2 is 1.86 bits per heavy atom. The van der Waals surface area contributed by atoms with Gasteiger partial charge in [0.25, 0.3) is 5.91 Å². The molecular weight excluding hydrogens is 509 g/mol. The minimum atomic E-state index is -0.393. The van der Waals surface area contributed by atoms with Gasteiger partial charge in [0, 0.05) is 16.6 Å². The van der Waals surface area contributed by atoms with Crippen LogP contribution in [0.25, 0.3) is 22.5 Å². The first-order valence-electron chi connectivity index (χ1n) is 12.1. The number of aliphatic hydroxyl groups excluding tert-OH is 1. The van der Waals surface area contributed by atoms with Crippen molar-refractivity contribution in [3.05, 3.63) is 86.7 Å². The van der Waals surface area contributed by atoms with Gasteiger partial charge in [-0.25, -0.2) is 4.98 Å². The van der Waals surface area contributed by atoms with Crippen LogP contribution in [0.5, 0.6) is 5.75 Å². The van der Waals surface area contributed by atoms with Crippen LogP contribution >= 0.6 is 23.2 Å². The zero-order valence-electron chi connectivity index (χ0n) is 20.8. The van der Waals surface area contributed by atoms with Crippen molar-refractivity contribution in [2.45, 2.75) is 39.5 Å². The molecule has 0 bridgehead atoms. The van der Waals surface area contributed by atoms with Gasteiger partial charge in [0.15, 0.2) is 5.69 Å². The van der Waals surface area contributed by atoms with E-state index in [0.29, 0.717) is 27.3 Å². The van der Waals surface area contributed by atoms with Gasteiger partial charge < -0.3 is 14.4 Å². The molecule has 2 aliphatic rings. The number of nitrogens with zero attached hydrogens (tertiary/aromatic N) is 3. The van der Waals surface area contributed by atoms with Crippen LogP contribution in [0.4, 0.5) is 5.69 Å². The fourth-order valence-corrected chi connectivity index (χ4v) is 6.12. The number of aromatic nitrogens is 2. The van der Waals surface area contributed by atoms with Gasteiger partial charge in [-0.1, -0.05) is 41.4 Å². The quantitative estimate of drug-likeness (QED) is 0.307. The van der Waals surface area contributed by atoms with Gasteiger partial charge in [-0.15, -0.1) is 0 Å². The summed E-state index contributed by atoms with van der Waals surface area (Å²) in [6.45, 7) is 6.02. The Morgan fingerprint density at radius 3 is 2.57 bits per heavy atom. The van der Waals surface area contributed by atoms with Crippen molar-refractivity contribution in [3.8, 4) is 28.3 Å². The summed E-state index contributed by atoms with van der Waals surface area (Å²) in [5, 5.41) is 11.0. The molecule has 0 saturated heterocycles. The fraction of sp³-hybridized carbons (Fsp3) is 0.241. The zero-order chi connectivity index (χ0) is 26.2. The number of amides is 1. The molecule has 1 aromatic heterocycles. The van der Waals surface area contributed by atoms with E-state index in [1.807, 2.05) is 60.4 Å². The molecule has 0 radical (unpaired) electrons. The molecule has 1 amide bonds. The molecule has 1 N–H and O–H groups in total. The number of aryl methyl sites for hydroxylation is 1. The fourth-order valence-electron chi connectivity index (χ4n) is 5.70. The highest BCUT2D eigenvalue weighted by Crippen LogP contribution is 2.56. The minimum absolute atomic E-state index is 0.0147. The van der Waals surface area contributed by atoms with Crippen LogP contribution in [0, 0.1) is 6.92 Å². The molecule has 0 saturated carbocycles. The smallest absolute Gasteiger partial charge is 0.279 e. The van der Waals surface area contributed by atoms with Gasteiger partial charge in [0.1, 0.15) is 17.6 Å². The maximum absolute atomic E-state index is 14.1. The highest BCUT2D eigenvalue weighted by Gasteiger charge is 2.49. The average molecular weight is 534 g/mol. The number of methoxy groups -OCH3 is 1. The number of halogens is 2. The molecule has 0 aliphatic carbocycles. The van der Waals surface area contributed by atoms with E-state index in [2.05, 4.69) is 18.4 Å². The lowest BCUT2D eigenvalue weighted by Gasteiger charge is -2.37. The van der Waals surface area contributed by atoms with Gasteiger partial charge >= 0.3 is 0 Å². The molecule has 2 aliphatic heterocycles. The SMILES string of the molecule is COc1ccc(CO)cc1-c1nc2c(n1C(C)C)C1c3ccc(Cl)cc3-c3c(Cl)ccc(C)c3N1C2=O. The lowest BCUT2D eigenvalue weighted by Crippen LogP contribution is -2.34. The summed E-state index contributed by atoms with van der Waals surface area (Å²) < 4.78 is 7.76. The van der Waals surface area contributed by atoms with Crippen LogP contribution < -0.4 is 9.64 Å². The minimum Gasteiger partial charge on any atom is -0.496 e. The number of hydrogen-bond donors (Lipinski definition) is 1. The molecule has 37 heavy (non-hydrogen) atoms. The number of anilines is 1. The lowest BCUT2D eigenvalue weighted by molar-refractivity contribution is 0.0989. The molecule has 8 heteroatoms. The Balaban J connectivity index is 1.68. The Labute approximate surface area is 225 Å². The molecule has 4 aromatic rings. The number of ether oxygens (including phenoxy) is 1. The van der Waals surface area contributed by atoms with Crippen molar-refractivity contribution in [2.24, 2.45) is 0 Å². The van der Waals surface area contributed by atoms with E-state index in [0.717, 1.165) is 44.8 Å². The Morgan fingerprint density at radius 1 is 1.08 bits per heavy atom. The predicted molar refractivity (Wildman–Crippen MR) is 146 cm³/mol. The van der Waals surface area contributed by atoms with Crippen LogP contribution in [0.15, 0.2) is 48.5 Å². The molecule has 3 heterocycles. The van der Waals surface area contributed by atoms with Crippen LogP contribution in [-0.4, -0.2) is 27.7 Å². The van der Waals surface area contributed by atoms with Crippen LogP contribution in [0.1, 0.15) is 58.8 Å². The van der Waals surface area contributed by atoms with Crippen molar-refractivity contribution in [3.63, 3.8) is 0 Å². The van der Waals surface area contributed by atoms with Gasteiger partial charge in [0.05, 0.1) is 35.7 Å². The number of carbonyl (C=O) groups is 1. The Hall–Kier alpha value is -3.32. The topological polar surface area (TPSA) is 67.6 Å². The van der Waals surface area contributed by atoms with E-state index in [1.54, 1.807) is 7.11 Å². The highest BCUT2D eigenvalue weighted by molar-refractivity contribution is 6.35. The summed E-state index contributed by atoms with van der Waals surface area (Å²) in [5.74, 6) is 1.07. The molecule has 6 nitrogen and oxygen atoms in total. The summed E-state index contributed by atoms with van der Waals surface area (Å²) in [5.41, 5.74) is 7.08. The molecule has 0 spiro atoms. The van der Waals surface area contributed by atoms with E-state index in [4.69, 9.17) is 32.9 Å². The first-order valence-corrected chi connectivity index (χ1v) is 12.8. The van der Waals surface area contributed by atoms with Gasteiger partial charge in [-0.05, 0) is 73.4 Å². The van der Waals surface area contributed by atoms with Crippen LogP contribution in [0.3, 0.4) is 0 Å². The third-order valence-corrected chi connectivity index (χ3v) is 7.79. The first kappa shape index (κ1) is 24.0. The summed E-state index contributed by atoms with van der Waals surface area (Å²) in [6, 6.07) is 14.6. The number of rotatable bonds is 4. The van der Waals surface area contributed by atoms with E-state index in [9.17, 15) is 9.90 Å². The monoisotopic (exact) mass is 533 g/mol. The van der Waals surface area contributed by atoms with E-state index in [-0.39, 0.29) is 18.6 Å². The summed E-state index contributed by atoms with van der Waals surface area (Å²) >= 11 is 13.2. The van der Waals surface area contributed by atoms with Crippen LogP contribution in [-0.2, 0) is 6.61 Å². The van der Waals surface area contributed by atoms with Crippen molar-refractivity contribution in [1.82, 2.24) is 9.55 Å². The normalized spacial score (nSPS) is 15.5. The third-order valence-electron chi connectivity index (χ3n) is 7.24. The highest BCUT2D eigenvalue weighted by atomic mass is 35.5. The maximum Gasteiger partial charge on any atom is 0.279 e. The molecular formula is C29H25Cl2N3O3.